The fraction of sp³-hybridized carbons (Fsp3) is 0.611. The van der Waals surface area contributed by atoms with E-state index in [0.29, 0.717) is 11.9 Å². The van der Waals surface area contributed by atoms with Crippen LogP contribution in [0, 0.1) is 0 Å². The summed E-state index contributed by atoms with van der Waals surface area (Å²) < 4.78 is 0. The molecule has 0 aliphatic carbocycles. The van der Waals surface area contributed by atoms with Gasteiger partial charge in [0.05, 0.1) is 5.41 Å². The molecule has 4 heteroatoms. The van der Waals surface area contributed by atoms with Gasteiger partial charge < -0.3 is 15.1 Å². The van der Waals surface area contributed by atoms with Crippen LogP contribution in [-0.4, -0.2) is 61.0 Å². The van der Waals surface area contributed by atoms with Crippen LogP contribution in [-0.2, 0) is 10.2 Å². The van der Waals surface area contributed by atoms with E-state index >= 15 is 0 Å². The maximum Gasteiger partial charge on any atom is 0.234 e. The van der Waals surface area contributed by atoms with Gasteiger partial charge in [-0.1, -0.05) is 30.3 Å². The number of rotatable bonds is 2. The standard InChI is InChI=1S/C18H25N3O/c22-17(21-13-12-20-10-6-16(21)7-11-20)18(8-9-19-14-18)15-4-2-1-3-5-15/h1-5,16,19H,6-14H2. The molecular weight excluding hydrogens is 274 g/mol. The van der Waals surface area contributed by atoms with Crippen molar-refractivity contribution in [3.05, 3.63) is 35.9 Å². The highest BCUT2D eigenvalue weighted by Crippen LogP contribution is 2.35. The lowest BCUT2D eigenvalue weighted by atomic mass is 9.78. The van der Waals surface area contributed by atoms with Crippen molar-refractivity contribution in [1.29, 1.82) is 0 Å². The second-order valence-electron chi connectivity index (χ2n) is 6.95. The minimum Gasteiger partial charge on any atom is -0.338 e. The molecule has 1 aromatic carbocycles. The second-order valence-corrected chi connectivity index (χ2v) is 6.95. The number of hydrogen-bond acceptors (Lipinski definition) is 3. The number of fused-ring (bicyclic) bond motifs is 4. The molecule has 4 fully saturated rings. The zero-order chi connectivity index (χ0) is 15.0. The third kappa shape index (κ3) is 2.25. The third-order valence-electron chi connectivity index (χ3n) is 5.81. The van der Waals surface area contributed by atoms with E-state index in [2.05, 4.69) is 39.4 Å². The van der Waals surface area contributed by atoms with Crippen molar-refractivity contribution in [3.63, 3.8) is 0 Å². The van der Waals surface area contributed by atoms with Gasteiger partial charge in [-0.25, -0.2) is 0 Å². The SMILES string of the molecule is O=C(N1CCN2CCC1CC2)C1(c2ccccc2)CCNC1. The zero-order valence-electron chi connectivity index (χ0n) is 13.1. The maximum absolute atomic E-state index is 13.5. The summed E-state index contributed by atoms with van der Waals surface area (Å²) in [6, 6.07) is 10.9. The van der Waals surface area contributed by atoms with Crippen LogP contribution in [0.5, 0.6) is 0 Å². The lowest BCUT2D eigenvalue weighted by Gasteiger charge is -2.38. The molecule has 0 radical (unpaired) electrons. The van der Waals surface area contributed by atoms with E-state index in [1.807, 2.05) is 6.07 Å². The quantitative estimate of drug-likeness (QED) is 0.892. The molecule has 1 amide bonds. The molecule has 0 saturated carbocycles. The Bertz CT molecular complexity index is 531. The van der Waals surface area contributed by atoms with E-state index in [4.69, 9.17) is 0 Å². The number of hydrogen-bond donors (Lipinski definition) is 1. The van der Waals surface area contributed by atoms with Gasteiger partial charge in [-0.15, -0.1) is 0 Å². The summed E-state index contributed by atoms with van der Waals surface area (Å²) in [7, 11) is 0. The summed E-state index contributed by atoms with van der Waals surface area (Å²) in [5.74, 6) is 0.359. The molecule has 22 heavy (non-hydrogen) atoms. The van der Waals surface area contributed by atoms with Crippen LogP contribution in [0.2, 0.25) is 0 Å². The van der Waals surface area contributed by atoms with E-state index in [1.54, 1.807) is 0 Å². The van der Waals surface area contributed by atoms with Gasteiger partial charge in [-0.2, -0.15) is 0 Å². The molecular formula is C18H25N3O. The molecule has 4 saturated heterocycles. The van der Waals surface area contributed by atoms with E-state index in [-0.39, 0.29) is 5.41 Å². The van der Waals surface area contributed by atoms with Crippen LogP contribution in [0.15, 0.2) is 30.3 Å². The maximum atomic E-state index is 13.5. The van der Waals surface area contributed by atoms with Gasteiger partial charge in [0, 0.05) is 38.8 Å². The van der Waals surface area contributed by atoms with E-state index in [0.717, 1.165) is 58.5 Å². The molecule has 4 aliphatic rings. The largest absolute Gasteiger partial charge is 0.338 e. The van der Waals surface area contributed by atoms with Crippen molar-refractivity contribution in [1.82, 2.24) is 15.1 Å². The Kier molecular flexibility index (Phi) is 3.66. The first-order chi connectivity index (χ1) is 10.8. The van der Waals surface area contributed by atoms with Crippen molar-refractivity contribution >= 4 is 5.91 Å². The predicted molar refractivity (Wildman–Crippen MR) is 86.8 cm³/mol. The molecule has 0 aromatic heterocycles. The average Bonchev–Trinajstić information content (AvgIpc) is 2.90. The number of carbonyl (C=O) groups excluding carboxylic acids is 1. The summed E-state index contributed by atoms with van der Waals surface area (Å²) in [5.41, 5.74) is 0.836. The summed E-state index contributed by atoms with van der Waals surface area (Å²) in [4.78, 5) is 18.3. The molecule has 5 rings (SSSR count). The normalized spacial score (nSPS) is 34.6. The number of benzene rings is 1. The van der Waals surface area contributed by atoms with Gasteiger partial charge in [0.15, 0.2) is 0 Å². The minimum atomic E-state index is -0.348. The molecule has 4 aliphatic heterocycles. The van der Waals surface area contributed by atoms with Crippen molar-refractivity contribution in [2.75, 3.05) is 39.3 Å². The van der Waals surface area contributed by atoms with Gasteiger partial charge >= 0.3 is 0 Å². The first-order valence-electron chi connectivity index (χ1n) is 8.59. The first kappa shape index (κ1) is 14.2. The summed E-state index contributed by atoms with van der Waals surface area (Å²) in [6.45, 7) is 5.97. The van der Waals surface area contributed by atoms with Crippen molar-refractivity contribution < 1.29 is 4.79 Å². The fourth-order valence-electron chi connectivity index (χ4n) is 4.43. The number of amides is 1. The smallest absolute Gasteiger partial charge is 0.234 e. The Morgan fingerprint density at radius 3 is 2.55 bits per heavy atom. The Morgan fingerprint density at radius 1 is 1.09 bits per heavy atom. The number of piperidine rings is 1. The Morgan fingerprint density at radius 2 is 1.86 bits per heavy atom. The van der Waals surface area contributed by atoms with E-state index in [9.17, 15) is 4.79 Å². The van der Waals surface area contributed by atoms with E-state index < -0.39 is 0 Å². The summed E-state index contributed by atoms with van der Waals surface area (Å²) in [5, 5.41) is 3.43. The van der Waals surface area contributed by atoms with Crippen LogP contribution < -0.4 is 5.32 Å². The summed E-state index contributed by atoms with van der Waals surface area (Å²) >= 11 is 0. The fourth-order valence-corrected chi connectivity index (χ4v) is 4.43. The molecule has 118 valence electrons. The van der Waals surface area contributed by atoms with Gasteiger partial charge in [0.1, 0.15) is 0 Å². The highest BCUT2D eigenvalue weighted by atomic mass is 16.2. The molecule has 4 heterocycles. The van der Waals surface area contributed by atoms with Gasteiger partial charge in [-0.3, -0.25) is 4.79 Å². The van der Waals surface area contributed by atoms with Crippen LogP contribution in [0.25, 0.3) is 0 Å². The van der Waals surface area contributed by atoms with Crippen LogP contribution in [0.3, 0.4) is 0 Å². The van der Waals surface area contributed by atoms with Crippen molar-refractivity contribution in [3.8, 4) is 0 Å². The lowest BCUT2D eigenvalue weighted by molar-refractivity contribution is -0.139. The lowest BCUT2D eigenvalue weighted by Crippen LogP contribution is -2.52. The molecule has 1 aromatic rings. The first-order valence-corrected chi connectivity index (χ1v) is 8.59. The van der Waals surface area contributed by atoms with Gasteiger partial charge in [0.25, 0.3) is 0 Å². The Labute approximate surface area is 132 Å². The summed E-state index contributed by atoms with van der Waals surface area (Å²) in [6.07, 6.45) is 3.21. The topological polar surface area (TPSA) is 35.6 Å². The molecule has 1 unspecified atom stereocenters. The highest BCUT2D eigenvalue weighted by molar-refractivity contribution is 5.89. The predicted octanol–water partition coefficient (Wildman–Crippen LogP) is 1.22. The Hall–Kier alpha value is -1.39. The van der Waals surface area contributed by atoms with E-state index in [1.165, 1.54) is 5.56 Å². The van der Waals surface area contributed by atoms with Crippen LogP contribution >= 0.6 is 0 Å². The van der Waals surface area contributed by atoms with Crippen molar-refractivity contribution in [2.45, 2.75) is 30.7 Å². The number of carbonyl (C=O) groups is 1. The monoisotopic (exact) mass is 299 g/mol. The molecule has 1 N–H and O–H groups in total. The molecule has 1 atom stereocenters. The van der Waals surface area contributed by atoms with Gasteiger partial charge in [0.2, 0.25) is 5.91 Å². The van der Waals surface area contributed by atoms with Gasteiger partial charge in [-0.05, 0) is 31.4 Å². The van der Waals surface area contributed by atoms with Crippen LogP contribution in [0.4, 0.5) is 0 Å². The molecule has 0 spiro atoms. The highest BCUT2D eigenvalue weighted by Gasteiger charge is 2.47. The second kappa shape index (κ2) is 5.67. The third-order valence-corrected chi connectivity index (χ3v) is 5.81. The average molecular weight is 299 g/mol. The number of nitrogens with one attached hydrogen (secondary N) is 1. The van der Waals surface area contributed by atoms with Crippen LogP contribution in [0.1, 0.15) is 24.8 Å². The zero-order valence-corrected chi connectivity index (χ0v) is 13.1. The van der Waals surface area contributed by atoms with Crippen molar-refractivity contribution in [2.24, 2.45) is 0 Å². The minimum absolute atomic E-state index is 0.348. The molecule has 4 nitrogen and oxygen atoms in total. The molecule has 2 bridgehead atoms. The number of nitrogens with zero attached hydrogens (tertiary/aromatic N) is 2. The Balaban J connectivity index is 1.67.